The van der Waals surface area contributed by atoms with Crippen LogP contribution >= 0.6 is 12.4 Å². The molecule has 1 aliphatic carbocycles. The molecule has 7 heteroatoms. The number of benzene rings is 2. The van der Waals surface area contributed by atoms with E-state index in [4.69, 9.17) is 4.74 Å². The normalized spacial score (nSPS) is 20.7. The molecule has 0 bridgehead atoms. The van der Waals surface area contributed by atoms with E-state index in [-0.39, 0.29) is 23.9 Å². The maximum absolute atomic E-state index is 13.0. The van der Waals surface area contributed by atoms with Crippen LogP contribution in [0.15, 0.2) is 60.8 Å². The number of fused-ring (bicyclic) bond motifs is 1. The van der Waals surface area contributed by atoms with Crippen molar-refractivity contribution in [3.05, 3.63) is 71.9 Å². The molecule has 0 radical (unpaired) electrons. The van der Waals surface area contributed by atoms with E-state index >= 15 is 0 Å². The molecule has 1 atom stereocenters. The van der Waals surface area contributed by atoms with Crippen LogP contribution in [-0.2, 0) is 26.3 Å². The van der Waals surface area contributed by atoms with E-state index in [0.29, 0.717) is 18.8 Å². The van der Waals surface area contributed by atoms with Gasteiger partial charge in [0.15, 0.2) is 0 Å². The molecule has 1 aliphatic rings. The molecule has 1 fully saturated rings. The van der Waals surface area contributed by atoms with Crippen LogP contribution in [0.3, 0.4) is 0 Å². The van der Waals surface area contributed by atoms with Crippen LogP contribution in [0, 0.1) is 5.92 Å². The van der Waals surface area contributed by atoms with Crippen LogP contribution in [0.4, 0.5) is 0 Å². The molecule has 0 spiro atoms. The maximum atomic E-state index is 13.0. The number of ether oxygens (including phenoxy) is 1. The molecule has 6 nitrogen and oxygen atoms in total. The van der Waals surface area contributed by atoms with Gasteiger partial charge >= 0.3 is 5.97 Å². The summed E-state index contributed by atoms with van der Waals surface area (Å²) >= 11 is 0. The molecule has 35 heavy (non-hydrogen) atoms. The van der Waals surface area contributed by atoms with Crippen LogP contribution < -0.4 is 5.32 Å². The molecule has 1 saturated carbocycles. The Morgan fingerprint density at radius 2 is 1.74 bits per heavy atom. The number of H-pyrrole nitrogens is 1. The summed E-state index contributed by atoms with van der Waals surface area (Å²) < 4.78 is 5.00. The predicted octanol–water partition coefficient (Wildman–Crippen LogP) is 4.83. The second kappa shape index (κ2) is 11.7. The van der Waals surface area contributed by atoms with Crippen molar-refractivity contribution in [3.8, 4) is 0 Å². The first-order valence-corrected chi connectivity index (χ1v) is 12.1. The molecule has 0 saturated heterocycles. The smallest absolute Gasteiger partial charge is 0.328 e. The number of hydrogen-bond acceptors (Lipinski definition) is 4. The van der Waals surface area contributed by atoms with Crippen molar-refractivity contribution in [3.63, 3.8) is 0 Å². The number of hydrogen-bond donors (Lipinski definition) is 2. The lowest BCUT2D eigenvalue weighted by Crippen LogP contribution is -2.46. The van der Waals surface area contributed by atoms with Crippen molar-refractivity contribution in [1.82, 2.24) is 15.2 Å². The number of para-hydroxylation sites is 1. The Morgan fingerprint density at radius 1 is 1.09 bits per heavy atom. The zero-order chi connectivity index (χ0) is 24.1. The highest BCUT2D eigenvalue weighted by Gasteiger charge is 2.39. The van der Waals surface area contributed by atoms with Crippen LogP contribution in [0.25, 0.3) is 10.9 Å². The number of carbonyl (C=O) groups excluding carboxylic acids is 2. The molecule has 2 N–H and O–H groups in total. The average Bonchev–Trinajstić information content (AvgIpc) is 3.27. The SMILES string of the molecule is COC(=O)[C@H](Cc1c[nH]c2ccccc12)NC(=O)CC1CCC(c2ccccc2)(N(C)C)CC1.Cl. The third-order valence-electron chi connectivity index (χ3n) is 7.49. The zero-order valence-corrected chi connectivity index (χ0v) is 21.6. The standard InChI is InChI=1S/C28H35N3O3.ClH/c1-31(2)28(22-9-5-4-6-10-22)15-13-20(14-16-28)17-26(32)30-25(27(33)34-3)18-21-19-29-24-12-8-7-11-23(21)24;/h4-12,19-20,25,29H,13-18H2,1-3H3,(H,30,32);1H/t20?,25-,28?;/m0./s1. The number of rotatable bonds is 8. The van der Waals surface area contributed by atoms with Gasteiger partial charge in [0.25, 0.3) is 0 Å². The predicted molar refractivity (Wildman–Crippen MR) is 142 cm³/mol. The van der Waals surface area contributed by atoms with Crippen molar-refractivity contribution < 1.29 is 14.3 Å². The summed E-state index contributed by atoms with van der Waals surface area (Å²) in [6, 6.07) is 17.9. The molecule has 0 aliphatic heterocycles. The highest BCUT2D eigenvalue weighted by atomic mass is 35.5. The van der Waals surface area contributed by atoms with Crippen molar-refractivity contribution in [2.24, 2.45) is 5.92 Å². The fourth-order valence-electron chi connectivity index (χ4n) is 5.47. The highest BCUT2D eigenvalue weighted by molar-refractivity contribution is 5.87. The Hall–Kier alpha value is -2.83. The Balaban J connectivity index is 0.00000342. The lowest BCUT2D eigenvalue weighted by Gasteiger charge is -2.45. The lowest BCUT2D eigenvalue weighted by atomic mass is 9.71. The number of aromatic nitrogens is 1. The average molecular weight is 498 g/mol. The monoisotopic (exact) mass is 497 g/mol. The van der Waals surface area contributed by atoms with Gasteiger partial charge in [-0.1, -0.05) is 48.5 Å². The minimum absolute atomic E-state index is 0. The van der Waals surface area contributed by atoms with E-state index < -0.39 is 12.0 Å². The fraction of sp³-hybridized carbons (Fsp3) is 0.429. The Morgan fingerprint density at radius 3 is 2.40 bits per heavy atom. The Kier molecular flexibility index (Phi) is 8.98. The van der Waals surface area contributed by atoms with Gasteiger partial charge in [0.2, 0.25) is 5.91 Å². The van der Waals surface area contributed by atoms with Gasteiger partial charge in [-0.2, -0.15) is 0 Å². The molecular formula is C28H36ClN3O3. The van der Waals surface area contributed by atoms with Crippen LogP contribution in [-0.4, -0.2) is 49.0 Å². The summed E-state index contributed by atoms with van der Waals surface area (Å²) in [5, 5.41) is 4.01. The quantitative estimate of drug-likeness (QED) is 0.437. The number of methoxy groups -OCH3 is 1. The third kappa shape index (κ3) is 5.88. The first-order valence-electron chi connectivity index (χ1n) is 12.1. The highest BCUT2D eigenvalue weighted by Crippen LogP contribution is 2.43. The Labute approximate surface area is 213 Å². The molecule has 1 aromatic heterocycles. The second-order valence-electron chi connectivity index (χ2n) is 9.65. The van der Waals surface area contributed by atoms with Gasteiger partial charge in [-0.3, -0.25) is 9.69 Å². The van der Waals surface area contributed by atoms with E-state index in [2.05, 4.69) is 59.6 Å². The Bertz CT molecular complexity index is 1120. The van der Waals surface area contributed by atoms with Gasteiger partial charge in [0.1, 0.15) is 6.04 Å². The van der Waals surface area contributed by atoms with Gasteiger partial charge < -0.3 is 15.0 Å². The van der Waals surface area contributed by atoms with Crippen molar-refractivity contribution in [1.29, 1.82) is 0 Å². The number of nitrogens with zero attached hydrogens (tertiary/aromatic N) is 1. The zero-order valence-electron chi connectivity index (χ0n) is 20.8. The summed E-state index contributed by atoms with van der Waals surface area (Å²) in [6.45, 7) is 0. The molecule has 2 aromatic carbocycles. The van der Waals surface area contributed by atoms with Crippen LogP contribution in [0.2, 0.25) is 0 Å². The molecule has 188 valence electrons. The number of carbonyl (C=O) groups is 2. The molecular weight excluding hydrogens is 462 g/mol. The number of halogens is 1. The number of nitrogens with one attached hydrogen (secondary N) is 2. The molecule has 4 rings (SSSR count). The van der Waals surface area contributed by atoms with E-state index in [9.17, 15) is 9.59 Å². The number of aromatic amines is 1. The van der Waals surface area contributed by atoms with Gasteiger partial charge in [0, 0.05) is 35.5 Å². The van der Waals surface area contributed by atoms with Crippen molar-refractivity contribution in [2.45, 2.75) is 50.1 Å². The van der Waals surface area contributed by atoms with Crippen molar-refractivity contribution >= 4 is 35.2 Å². The topological polar surface area (TPSA) is 74.4 Å². The van der Waals surface area contributed by atoms with Crippen LogP contribution in [0.1, 0.15) is 43.2 Å². The third-order valence-corrected chi connectivity index (χ3v) is 7.49. The van der Waals surface area contributed by atoms with E-state index in [1.54, 1.807) is 0 Å². The first-order chi connectivity index (χ1) is 16.4. The van der Waals surface area contributed by atoms with Crippen molar-refractivity contribution in [2.75, 3.05) is 21.2 Å². The lowest BCUT2D eigenvalue weighted by molar-refractivity contribution is -0.145. The van der Waals surface area contributed by atoms with E-state index in [0.717, 1.165) is 42.1 Å². The van der Waals surface area contributed by atoms with E-state index in [1.165, 1.54) is 12.7 Å². The van der Waals surface area contributed by atoms with Gasteiger partial charge in [0.05, 0.1) is 7.11 Å². The summed E-state index contributed by atoms with van der Waals surface area (Å²) in [5.41, 5.74) is 3.35. The second-order valence-corrected chi connectivity index (χ2v) is 9.65. The largest absolute Gasteiger partial charge is 0.467 e. The van der Waals surface area contributed by atoms with Gasteiger partial charge in [-0.15, -0.1) is 12.4 Å². The van der Waals surface area contributed by atoms with E-state index in [1.807, 2.05) is 30.5 Å². The van der Waals surface area contributed by atoms with Gasteiger partial charge in [-0.05, 0) is 62.9 Å². The summed E-state index contributed by atoms with van der Waals surface area (Å²) in [5.74, 6) is -0.196. The summed E-state index contributed by atoms with van der Waals surface area (Å²) in [7, 11) is 5.65. The summed E-state index contributed by atoms with van der Waals surface area (Å²) in [6.07, 6.45) is 6.70. The molecule has 0 unspecified atom stereocenters. The first kappa shape index (κ1) is 26.8. The van der Waals surface area contributed by atoms with Crippen LogP contribution in [0.5, 0.6) is 0 Å². The molecule has 1 amide bonds. The summed E-state index contributed by atoms with van der Waals surface area (Å²) in [4.78, 5) is 31.0. The fourth-order valence-corrected chi connectivity index (χ4v) is 5.47. The maximum Gasteiger partial charge on any atom is 0.328 e. The minimum Gasteiger partial charge on any atom is -0.467 e. The van der Waals surface area contributed by atoms with Gasteiger partial charge in [-0.25, -0.2) is 4.79 Å². The number of esters is 1. The minimum atomic E-state index is -0.703. The molecule has 1 heterocycles. The molecule has 3 aromatic rings. The number of amides is 1.